The van der Waals surface area contributed by atoms with Gasteiger partial charge in [-0.25, -0.2) is 8.42 Å². The second-order valence-corrected chi connectivity index (χ2v) is 7.43. The molecule has 1 aromatic rings. The van der Waals surface area contributed by atoms with E-state index in [1.165, 1.54) is 15.6 Å². The first kappa shape index (κ1) is 13.0. The summed E-state index contributed by atoms with van der Waals surface area (Å²) in [6.45, 7) is 1.19. The molecule has 1 fully saturated rings. The summed E-state index contributed by atoms with van der Waals surface area (Å²) in [7, 11) is -1.71. The number of thiophene rings is 1. The predicted octanol–water partition coefficient (Wildman–Crippen LogP) is 1.94. The van der Waals surface area contributed by atoms with Crippen molar-refractivity contribution >= 4 is 21.4 Å². The van der Waals surface area contributed by atoms with E-state index in [4.69, 9.17) is 4.74 Å². The zero-order valence-electron chi connectivity index (χ0n) is 9.83. The minimum atomic E-state index is -3.32. The lowest BCUT2D eigenvalue weighted by Crippen LogP contribution is -2.36. The summed E-state index contributed by atoms with van der Waals surface area (Å²) in [5.41, 5.74) is 0. The minimum absolute atomic E-state index is 0.0449. The van der Waals surface area contributed by atoms with Crippen LogP contribution in [0.2, 0.25) is 0 Å². The average molecular weight is 275 g/mol. The number of nitrogens with zero attached hydrogens (tertiary/aromatic N) is 1. The number of hydrogen-bond acceptors (Lipinski definition) is 4. The maximum atomic E-state index is 12.1. The normalized spacial score (nSPS) is 21.9. The zero-order chi connectivity index (χ0) is 12.3. The first-order valence-corrected chi connectivity index (χ1v) is 8.04. The Bertz CT molecular complexity index is 435. The summed E-state index contributed by atoms with van der Waals surface area (Å²) in [6.07, 6.45) is 3.20. The summed E-state index contributed by atoms with van der Waals surface area (Å²) in [5.74, 6) is 0. The van der Waals surface area contributed by atoms with Gasteiger partial charge in [-0.1, -0.05) is 6.07 Å². The molecule has 4 nitrogen and oxygen atoms in total. The van der Waals surface area contributed by atoms with Crippen LogP contribution in [0.1, 0.15) is 19.3 Å². The van der Waals surface area contributed by atoms with Gasteiger partial charge in [0.15, 0.2) is 0 Å². The lowest BCUT2D eigenvalue weighted by Gasteiger charge is -2.26. The molecule has 1 aliphatic heterocycles. The molecule has 17 heavy (non-hydrogen) atoms. The summed E-state index contributed by atoms with van der Waals surface area (Å²) < 4.78 is 31.7. The topological polar surface area (TPSA) is 46.6 Å². The molecule has 1 aliphatic rings. The van der Waals surface area contributed by atoms with Crippen LogP contribution >= 0.6 is 11.3 Å². The Hall–Kier alpha value is -0.430. The van der Waals surface area contributed by atoms with Crippen molar-refractivity contribution in [3.05, 3.63) is 17.5 Å². The van der Waals surface area contributed by atoms with Crippen molar-refractivity contribution in [3.8, 4) is 0 Å². The summed E-state index contributed by atoms with van der Waals surface area (Å²) in [5, 5.41) is 1.78. The molecular weight excluding hydrogens is 258 g/mol. The average Bonchev–Trinajstić information content (AvgIpc) is 2.84. The van der Waals surface area contributed by atoms with Gasteiger partial charge in [0.1, 0.15) is 4.21 Å². The van der Waals surface area contributed by atoms with Crippen molar-refractivity contribution in [2.24, 2.45) is 0 Å². The molecule has 0 saturated carbocycles. The summed E-state index contributed by atoms with van der Waals surface area (Å²) >= 11 is 1.25. The SMILES string of the molecule is CN(CC1CCCCO1)S(=O)(=O)c1cccs1. The van der Waals surface area contributed by atoms with Crippen molar-refractivity contribution in [3.63, 3.8) is 0 Å². The van der Waals surface area contributed by atoms with E-state index in [2.05, 4.69) is 0 Å². The van der Waals surface area contributed by atoms with Crippen molar-refractivity contribution in [1.82, 2.24) is 4.31 Å². The number of hydrogen-bond donors (Lipinski definition) is 0. The van der Waals surface area contributed by atoms with Crippen LogP contribution in [0.4, 0.5) is 0 Å². The molecule has 0 N–H and O–H groups in total. The van der Waals surface area contributed by atoms with E-state index in [9.17, 15) is 8.42 Å². The van der Waals surface area contributed by atoms with Gasteiger partial charge in [0.2, 0.25) is 0 Å². The third kappa shape index (κ3) is 3.07. The zero-order valence-corrected chi connectivity index (χ0v) is 11.5. The van der Waals surface area contributed by atoms with Crippen molar-refractivity contribution in [1.29, 1.82) is 0 Å². The molecule has 0 spiro atoms. The van der Waals surface area contributed by atoms with Crippen LogP contribution < -0.4 is 0 Å². The number of likely N-dealkylation sites (N-methyl/N-ethyl adjacent to an activating group) is 1. The van der Waals surface area contributed by atoms with Crippen LogP contribution in [0.3, 0.4) is 0 Å². The lowest BCUT2D eigenvalue weighted by atomic mass is 10.1. The highest BCUT2D eigenvalue weighted by Crippen LogP contribution is 2.21. The van der Waals surface area contributed by atoms with Gasteiger partial charge in [0.05, 0.1) is 6.10 Å². The molecule has 0 aliphatic carbocycles. The molecule has 6 heteroatoms. The van der Waals surface area contributed by atoms with E-state index in [-0.39, 0.29) is 6.10 Å². The summed E-state index contributed by atoms with van der Waals surface area (Å²) in [4.78, 5) is 0. The smallest absolute Gasteiger partial charge is 0.252 e. The Balaban J connectivity index is 2.01. The maximum Gasteiger partial charge on any atom is 0.252 e. The standard InChI is InChI=1S/C11H17NO3S2/c1-12(9-10-5-2-3-7-15-10)17(13,14)11-6-4-8-16-11/h4,6,8,10H,2-3,5,7,9H2,1H3. The molecule has 96 valence electrons. The fraction of sp³-hybridized carbons (Fsp3) is 0.636. The Morgan fingerprint density at radius 2 is 2.35 bits per heavy atom. The second-order valence-electron chi connectivity index (χ2n) is 4.21. The van der Waals surface area contributed by atoms with E-state index < -0.39 is 10.0 Å². The Kier molecular flexibility index (Phi) is 4.19. The maximum absolute atomic E-state index is 12.1. The molecule has 0 bridgehead atoms. The van der Waals surface area contributed by atoms with Crippen LogP contribution in [-0.2, 0) is 14.8 Å². The van der Waals surface area contributed by atoms with Gasteiger partial charge in [-0.15, -0.1) is 11.3 Å². The van der Waals surface area contributed by atoms with Crippen molar-refractivity contribution in [2.45, 2.75) is 29.6 Å². The molecule has 0 radical (unpaired) electrons. The van der Waals surface area contributed by atoms with Gasteiger partial charge in [-0.2, -0.15) is 4.31 Å². The first-order valence-electron chi connectivity index (χ1n) is 5.72. The minimum Gasteiger partial charge on any atom is -0.377 e. The Morgan fingerprint density at radius 1 is 1.53 bits per heavy atom. The molecule has 2 rings (SSSR count). The van der Waals surface area contributed by atoms with Crippen molar-refractivity contribution in [2.75, 3.05) is 20.2 Å². The first-order chi connectivity index (χ1) is 8.10. The highest BCUT2D eigenvalue weighted by molar-refractivity contribution is 7.91. The predicted molar refractivity (Wildman–Crippen MR) is 67.7 cm³/mol. The van der Waals surface area contributed by atoms with Gasteiger partial charge in [0.25, 0.3) is 10.0 Å². The fourth-order valence-electron chi connectivity index (χ4n) is 1.90. The fourth-order valence-corrected chi connectivity index (χ4v) is 4.30. The highest BCUT2D eigenvalue weighted by Gasteiger charge is 2.25. The quantitative estimate of drug-likeness (QED) is 0.843. The van der Waals surface area contributed by atoms with E-state index in [0.29, 0.717) is 10.8 Å². The number of rotatable bonds is 4. The third-order valence-corrected chi connectivity index (χ3v) is 6.09. The second kappa shape index (κ2) is 5.48. The van der Waals surface area contributed by atoms with Crippen LogP contribution in [0, 0.1) is 0 Å². The van der Waals surface area contributed by atoms with Gasteiger partial charge < -0.3 is 4.74 Å². The van der Waals surface area contributed by atoms with Gasteiger partial charge in [0, 0.05) is 20.2 Å². The van der Waals surface area contributed by atoms with Crippen LogP contribution in [0.5, 0.6) is 0 Å². The van der Waals surface area contributed by atoms with Crippen LogP contribution in [-0.4, -0.2) is 39.0 Å². The highest BCUT2D eigenvalue weighted by atomic mass is 32.2. The Labute approximate surface area is 106 Å². The monoisotopic (exact) mass is 275 g/mol. The van der Waals surface area contributed by atoms with Gasteiger partial charge in [-0.05, 0) is 30.7 Å². The molecule has 1 saturated heterocycles. The van der Waals surface area contributed by atoms with Gasteiger partial charge >= 0.3 is 0 Å². The van der Waals surface area contributed by atoms with Gasteiger partial charge in [-0.3, -0.25) is 0 Å². The molecule has 0 amide bonds. The van der Waals surface area contributed by atoms with Crippen molar-refractivity contribution < 1.29 is 13.2 Å². The molecule has 1 aromatic heterocycles. The lowest BCUT2D eigenvalue weighted by molar-refractivity contribution is 0.00860. The van der Waals surface area contributed by atoms with E-state index >= 15 is 0 Å². The number of sulfonamides is 1. The van der Waals surface area contributed by atoms with Crippen LogP contribution in [0.15, 0.2) is 21.7 Å². The molecule has 1 unspecified atom stereocenters. The van der Waals surface area contributed by atoms with Crippen LogP contribution in [0.25, 0.3) is 0 Å². The summed E-state index contributed by atoms with van der Waals surface area (Å²) in [6, 6.07) is 3.39. The number of ether oxygens (including phenoxy) is 1. The molecular formula is C11H17NO3S2. The van der Waals surface area contributed by atoms with E-state index in [0.717, 1.165) is 25.9 Å². The van der Waals surface area contributed by atoms with E-state index in [1.54, 1.807) is 24.6 Å². The Morgan fingerprint density at radius 3 is 2.94 bits per heavy atom. The molecule has 2 heterocycles. The molecule has 1 atom stereocenters. The molecule has 0 aromatic carbocycles. The third-order valence-electron chi connectivity index (χ3n) is 2.89. The largest absolute Gasteiger partial charge is 0.377 e. The van der Waals surface area contributed by atoms with E-state index in [1.807, 2.05) is 0 Å².